The number of likely N-dealkylation sites (tertiary alicyclic amines) is 1. The van der Waals surface area contributed by atoms with Crippen LogP contribution >= 0.6 is 11.8 Å². The summed E-state index contributed by atoms with van der Waals surface area (Å²) >= 11 is 1.49. The fourth-order valence-electron chi connectivity index (χ4n) is 5.45. The van der Waals surface area contributed by atoms with Crippen LogP contribution in [0.3, 0.4) is 0 Å². The lowest BCUT2D eigenvalue weighted by Gasteiger charge is -2.45. The average molecular weight is 481 g/mol. The van der Waals surface area contributed by atoms with Gasteiger partial charge < -0.3 is 9.80 Å². The van der Waals surface area contributed by atoms with E-state index in [1.807, 2.05) is 23.3 Å². The first-order valence-corrected chi connectivity index (χ1v) is 13.4. The molecule has 0 aliphatic carbocycles. The number of thioether (sulfide) groups is 1. The summed E-state index contributed by atoms with van der Waals surface area (Å²) in [6, 6.07) is 10.0. The van der Waals surface area contributed by atoms with Crippen LogP contribution in [0.2, 0.25) is 0 Å². The Morgan fingerprint density at radius 3 is 2.50 bits per heavy atom. The molecule has 182 valence electrons. The smallest absolute Gasteiger partial charge is 0.256 e. The zero-order chi connectivity index (χ0) is 24.5. The number of hydrogen-bond donors (Lipinski definition) is 1. The second-order valence-electron chi connectivity index (χ2n) is 10.1. The van der Waals surface area contributed by atoms with E-state index in [9.17, 15) is 9.59 Å². The highest BCUT2D eigenvalue weighted by atomic mass is 32.2. The van der Waals surface area contributed by atoms with Gasteiger partial charge in [-0.1, -0.05) is 43.2 Å². The number of carbonyl (C=O) groups excluding carboxylic acids is 2. The van der Waals surface area contributed by atoms with E-state index < -0.39 is 5.66 Å². The zero-order valence-corrected chi connectivity index (χ0v) is 21.7. The molecule has 2 saturated heterocycles. The van der Waals surface area contributed by atoms with Gasteiger partial charge in [-0.2, -0.15) is 0 Å². The summed E-state index contributed by atoms with van der Waals surface area (Å²) in [6.07, 6.45) is 5.93. The van der Waals surface area contributed by atoms with Crippen molar-refractivity contribution in [2.75, 3.05) is 19.3 Å². The Bertz CT molecular complexity index is 1040. The standard InChI is InChI=1S/C27H36N4O2S/c1-18(2)13-23-26(33)31(17-21-15-19(3)14-20(4)16-21)27(29-23)8-11-30(12-9-27)25(32)22-7-6-10-28-24(22)34-5/h6-7,10,14-16,18,23,29H,8-9,11-13,17H2,1-5H3. The van der Waals surface area contributed by atoms with Crippen LogP contribution in [0.1, 0.15) is 60.2 Å². The Morgan fingerprint density at radius 2 is 1.88 bits per heavy atom. The number of aromatic nitrogens is 1. The van der Waals surface area contributed by atoms with Gasteiger partial charge in [0.1, 0.15) is 5.03 Å². The van der Waals surface area contributed by atoms with Gasteiger partial charge in [0.2, 0.25) is 5.91 Å². The minimum atomic E-state index is -0.414. The van der Waals surface area contributed by atoms with Crippen molar-refractivity contribution in [3.8, 4) is 0 Å². The Morgan fingerprint density at radius 1 is 1.21 bits per heavy atom. The normalized spacial score (nSPS) is 19.9. The Balaban J connectivity index is 1.56. The number of benzene rings is 1. The van der Waals surface area contributed by atoms with E-state index in [1.54, 1.807) is 6.20 Å². The fourth-order valence-corrected chi connectivity index (χ4v) is 5.99. The largest absolute Gasteiger partial charge is 0.338 e. The topological polar surface area (TPSA) is 65.5 Å². The second-order valence-corrected chi connectivity index (χ2v) is 10.9. The van der Waals surface area contributed by atoms with Crippen LogP contribution in [0.5, 0.6) is 0 Å². The number of pyridine rings is 1. The monoisotopic (exact) mass is 480 g/mol. The van der Waals surface area contributed by atoms with E-state index in [-0.39, 0.29) is 17.9 Å². The lowest BCUT2D eigenvalue weighted by atomic mass is 9.94. The predicted octanol–water partition coefficient (Wildman–Crippen LogP) is 4.40. The van der Waals surface area contributed by atoms with Gasteiger partial charge in [0, 0.05) is 38.7 Å². The molecule has 0 saturated carbocycles. The van der Waals surface area contributed by atoms with Crippen LogP contribution in [0, 0.1) is 19.8 Å². The molecule has 6 nitrogen and oxygen atoms in total. The quantitative estimate of drug-likeness (QED) is 0.621. The SMILES string of the molecule is CSc1ncccc1C(=O)N1CCC2(CC1)NC(CC(C)C)C(=O)N2Cc1cc(C)cc(C)c1. The van der Waals surface area contributed by atoms with E-state index in [0.717, 1.165) is 29.9 Å². The van der Waals surface area contributed by atoms with Crippen LogP contribution in [-0.4, -0.2) is 57.6 Å². The number of nitrogens with one attached hydrogen (secondary N) is 1. The Labute approximate surface area is 207 Å². The van der Waals surface area contributed by atoms with Crippen molar-refractivity contribution in [2.24, 2.45) is 5.92 Å². The van der Waals surface area contributed by atoms with Crippen molar-refractivity contribution in [3.05, 3.63) is 58.8 Å². The predicted molar refractivity (Wildman–Crippen MR) is 137 cm³/mol. The molecule has 0 radical (unpaired) electrons. The Hall–Kier alpha value is -2.38. The highest BCUT2D eigenvalue weighted by molar-refractivity contribution is 7.98. The second kappa shape index (κ2) is 10.1. The first-order valence-electron chi connectivity index (χ1n) is 12.2. The van der Waals surface area contributed by atoms with Gasteiger partial charge in [-0.05, 0) is 50.1 Å². The highest BCUT2D eigenvalue weighted by Gasteiger charge is 2.51. The molecule has 2 amide bonds. The summed E-state index contributed by atoms with van der Waals surface area (Å²) < 4.78 is 0. The van der Waals surface area contributed by atoms with Crippen LogP contribution in [-0.2, 0) is 11.3 Å². The Kier molecular flexibility index (Phi) is 7.33. The van der Waals surface area contributed by atoms with Gasteiger partial charge in [-0.3, -0.25) is 14.9 Å². The molecule has 1 aromatic carbocycles. The molecule has 2 fully saturated rings. The van der Waals surface area contributed by atoms with Gasteiger partial charge in [0.25, 0.3) is 5.91 Å². The molecule has 0 bridgehead atoms. The van der Waals surface area contributed by atoms with Crippen LogP contribution in [0.15, 0.2) is 41.6 Å². The molecule has 1 N–H and O–H groups in total. The molecule has 1 unspecified atom stereocenters. The van der Waals surface area contributed by atoms with Crippen LogP contribution < -0.4 is 5.32 Å². The molecule has 3 heterocycles. The lowest BCUT2D eigenvalue weighted by Crippen LogP contribution is -2.59. The highest BCUT2D eigenvalue weighted by Crippen LogP contribution is 2.36. The summed E-state index contributed by atoms with van der Waals surface area (Å²) in [5, 5.41) is 4.49. The summed E-state index contributed by atoms with van der Waals surface area (Å²) in [7, 11) is 0. The summed E-state index contributed by atoms with van der Waals surface area (Å²) in [6.45, 7) is 10.3. The maximum absolute atomic E-state index is 13.6. The summed E-state index contributed by atoms with van der Waals surface area (Å²) in [5.74, 6) is 0.637. The molecule has 1 spiro atoms. The number of piperidine rings is 1. The third kappa shape index (κ3) is 5.01. The summed E-state index contributed by atoms with van der Waals surface area (Å²) in [4.78, 5) is 35.2. The molecular weight excluding hydrogens is 444 g/mol. The van der Waals surface area contributed by atoms with Crippen molar-refractivity contribution >= 4 is 23.6 Å². The van der Waals surface area contributed by atoms with Gasteiger partial charge in [0.15, 0.2) is 0 Å². The zero-order valence-electron chi connectivity index (χ0n) is 20.9. The van der Waals surface area contributed by atoms with E-state index in [0.29, 0.717) is 31.1 Å². The van der Waals surface area contributed by atoms with Gasteiger partial charge in [-0.15, -0.1) is 11.8 Å². The number of amides is 2. The van der Waals surface area contributed by atoms with Crippen molar-refractivity contribution in [1.29, 1.82) is 0 Å². The van der Waals surface area contributed by atoms with E-state index >= 15 is 0 Å². The van der Waals surface area contributed by atoms with Crippen LogP contribution in [0.4, 0.5) is 0 Å². The van der Waals surface area contributed by atoms with Crippen LogP contribution in [0.25, 0.3) is 0 Å². The van der Waals surface area contributed by atoms with Gasteiger partial charge in [-0.25, -0.2) is 4.98 Å². The molecule has 2 aliphatic heterocycles. The van der Waals surface area contributed by atoms with E-state index in [4.69, 9.17) is 0 Å². The molecule has 7 heteroatoms. The molecule has 34 heavy (non-hydrogen) atoms. The fraction of sp³-hybridized carbons (Fsp3) is 0.519. The molecular formula is C27H36N4O2S. The maximum Gasteiger partial charge on any atom is 0.256 e. The van der Waals surface area contributed by atoms with E-state index in [2.05, 4.69) is 61.1 Å². The number of hydrogen-bond acceptors (Lipinski definition) is 5. The number of nitrogens with zero attached hydrogens (tertiary/aromatic N) is 3. The van der Waals surface area contributed by atoms with E-state index in [1.165, 1.54) is 22.9 Å². The average Bonchev–Trinajstić information content (AvgIpc) is 3.03. The molecule has 1 aromatic heterocycles. The number of rotatable bonds is 6. The number of carbonyl (C=O) groups is 2. The first-order chi connectivity index (χ1) is 16.2. The maximum atomic E-state index is 13.6. The lowest BCUT2D eigenvalue weighted by molar-refractivity contribution is -0.134. The molecule has 2 aliphatic rings. The molecule has 2 aromatic rings. The molecule has 4 rings (SSSR count). The van der Waals surface area contributed by atoms with Crippen molar-refractivity contribution in [3.63, 3.8) is 0 Å². The van der Waals surface area contributed by atoms with Crippen molar-refractivity contribution in [2.45, 2.75) is 70.2 Å². The summed E-state index contributed by atoms with van der Waals surface area (Å²) in [5.41, 5.74) is 3.83. The number of aryl methyl sites for hydroxylation is 2. The van der Waals surface area contributed by atoms with Crippen molar-refractivity contribution in [1.82, 2.24) is 20.1 Å². The minimum absolute atomic E-state index is 0.0243. The van der Waals surface area contributed by atoms with Gasteiger partial charge >= 0.3 is 0 Å². The van der Waals surface area contributed by atoms with Gasteiger partial charge in [0.05, 0.1) is 17.3 Å². The van der Waals surface area contributed by atoms with Crippen molar-refractivity contribution < 1.29 is 9.59 Å². The third-order valence-corrected chi connectivity index (χ3v) is 7.64. The molecule has 1 atom stereocenters. The first kappa shape index (κ1) is 24.7. The third-order valence-electron chi connectivity index (χ3n) is 6.93. The minimum Gasteiger partial charge on any atom is -0.338 e.